The van der Waals surface area contributed by atoms with Gasteiger partial charge in [0.15, 0.2) is 5.65 Å². The number of fused-ring (bicyclic) bond motifs is 1. The van der Waals surface area contributed by atoms with E-state index in [1.165, 1.54) is 18.2 Å². The topological polar surface area (TPSA) is 94.1 Å². The van der Waals surface area contributed by atoms with E-state index < -0.39 is 17.8 Å². The molecule has 31 heavy (non-hydrogen) atoms. The number of carbonyl (C=O) groups is 1. The van der Waals surface area contributed by atoms with Gasteiger partial charge in [-0.2, -0.15) is 18.3 Å². The molecule has 10 heteroatoms. The Morgan fingerprint density at radius 1 is 1.13 bits per heavy atom. The van der Waals surface area contributed by atoms with Crippen LogP contribution in [-0.2, 0) is 6.18 Å². The molecule has 162 valence electrons. The molecule has 0 unspecified atom stereocenters. The van der Waals surface area contributed by atoms with E-state index in [0.717, 1.165) is 25.9 Å². The van der Waals surface area contributed by atoms with Gasteiger partial charge < -0.3 is 15.3 Å². The molecule has 0 aliphatic carbocycles. The molecule has 0 saturated carbocycles. The number of alkyl halides is 3. The maximum Gasteiger partial charge on any atom is 0.433 e. The van der Waals surface area contributed by atoms with Gasteiger partial charge in [-0.05, 0) is 56.3 Å². The fourth-order valence-electron chi connectivity index (χ4n) is 4.53. The Balaban J connectivity index is 1.58. The summed E-state index contributed by atoms with van der Waals surface area (Å²) in [5.41, 5.74) is -0.392. The minimum Gasteiger partial charge on any atom is -0.508 e. The number of halogens is 3. The number of amides is 1. The van der Waals surface area contributed by atoms with Crippen molar-refractivity contribution in [3.05, 3.63) is 41.6 Å². The van der Waals surface area contributed by atoms with Gasteiger partial charge >= 0.3 is 6.18 Å². The molecule has 2 saturated heterocycles. The van der Waals surface area contributed by atoms with E-state index in [4.69, 9.17) is 0 Å². The number of hydrogen-bond donors (Lipinski definition) is 3. The Labute approximate surface area is 175 Å². The lowest BCUT2D eigenvalue weighted by Gasteiger charge is -2.52. The van der Waals surface area contributed by atoms with E-state index in [2.05, 4.69) is 15.4 Å². The molecule has 1 aromatic carbocycles. The molecule has 1 amide bonds. The molecule has 0 radical (unpaired) electrons. The second-order valence-corrected chi connectivity index (χ2v) is 8.31. The summed E-state index contributed by atoms with van der Waals surface area (Å²) < 4.78 is 40.8. The van der Waals surface area contributed by atoms with Gasteiger partial charge in [-0.25, -0.2) is 4.98 Å². The monoisotopic (exact) mass is 431 g/mol. The highest BCUT2D eigenvalue weighted by molar-refractivity contribution is 6.08. The van der Waals surface area contributed by atoms with Gasteiger partial charge in [0.25, 0.3) is 5.91 Å². The summed E-state index contributed by atoms with van der Waals surface area (Å²) in [5.74, 6) is -0.406. The van der Waals surface area contributed by atoms with Crippen LogP contribution in [0.4, 0.5) is 13.2 Å². The number of hydrogen-bond acceptors (Lipinski definition) is 5. The number of nitrogens with zero attached hydrogens (tertiary/aromatic N) is 3. The molecule has 0 atom stereocenters. The highest BCUT2D eigenvalue weighted by Crippen LogP contribution is 2.41. The van der Waals surface area contributed by atoms with Crippen LogP contribution in [0.25, 0.3) is 22.3 Å². The van der Waals surface area contributed by atoms with E-state index in [0.29, 0.717) is 24.3 Å². The van der Waals surface area contributed by atoms with Gasteiger partial charge in [0.1, 0.15) is 11.4 Å². The largest absolute Gasteiger partial charge is 0.508 e. The first kappa shape index (κ1) is 19.8. The standard InChI is InChI=1S/C21H20F3N5O2/c22-21(23,24)17-16-14(19(31)29-10-20(11-29)5-7-25-8-6-20)9-15(26-18(16)28-27-17)12-1-3-13(30)4-2-12/h1-4,9,25,30H,5-8,10-11H2,(H,26,27,28). The van der Waals surface area contributed by atoms with Crippen LogP contribution in [0.3, 0.4) is 0 Å². The van der Waals surface area contributed by atoms with Gasteiger partial charge in [-0.15, -0.1) is 0 Å². The fraction of sp³-hybridized carbons (Fsp3) is 0.381. The molecule has 7 nitrogen and oxygen atoms in total. The summed E-state index contributed by atoms with van der Waals surface area (Å²) in [7, 11) is 0. The van der Waals surface area contributed by atoms with Gasteiger partial charge in [-0.3, -0.25) is 9.89 Å². The number of aromatic amines is 1. The van der Waals surface area contributed by atoms with Crippen LogP contribution in [0, 0.1) is 5.41 Å². The van der Waals surface area contributed by atoms with Crippen LogP contribution in [0.1, 0.15) is 28.9 Å². The predicted octanol–water partition coefficient (Wildman–Crippen LogP) is 3.17. The van der Waals surface area contributed by atoms with E-state index in [-0.39, 0.29) is 27.8 Å². The molecule has 3 N–H and O–H groups in total. The Morgan fingerprint density at radius 2 is 1.81 bits per heavy atom. The van der Waals surface area contributed by atoms with Crippen molar-refractivity contribution in [1.82, 2.24) is 25.4 Å². The summed E-state index contributed by atoms with van der Waals surface area (Å²) in [6.07, 6.45) is -2.81. The normalized spacial score (nSPS) is 18.4. The number of H-pyrrole nitrogens is 1. The number of pyridine rings is 1. The number of likely N-dealkylation sites (tertiary alicyclic amines) is 1. The van der Waals surface area contributed by atoms with Crippen molar-refractivity contribution in [2.24, 2.45) is 5.41 Å². The smallest absolute Gasteiger partial charge is 0.433 e. The zero-order valence-corrected chi connectivity index (χ0v) is 16.5. The Bertz CT molecular complexity index is 1140. The lowest BCUT2D eigenvalue weighted by molar-refractivity contribution is -0.139. The first-order valence-corrected chi connectivity index (χ1v) is 10.0. The van der Waals surface area contributed by atoms with E-state index in [1.807, 2.05) is 5.10 Å². The summed E-state index contributed by atoms with van der Waals surface area (Å²) in [5, 5.41) is 18.2. The third-order valence-electron chi connectivity index (χ3n) is 6.20. The molecular weight excluding hydrogens is 411 g/mol. The Morgan fingerprint density at radius 3 is 2.45 bits per heavy atom. The van der Waals surface area contributed by atoms with Crippen molar-refractivity contribution in [1.29, 1.82) is 0 Å². The first-order valence-electron chi connectivity index (χ1n) is 10.0. The zero-order chi connectivity index (χ0) is 21.8. The second-order valence-electron chi connectivity index (χ2n) is 8.31. The molecule has 2 aliphatic rings. The molecule has 2 fully saturated rings. The van der Waals surface area contributed by atoms with E-state index in [9.17, 15) is 23.1 Å². The lowest BCUT2D eigenvalue weighted by Crippen LogP contribution is -2.61. The quantitative estimate of drug-likeness (QED) is 0.580. The first-order chi connectivity index (χ1) is 14.8. The molecule has 0 bridgehead atoms. The maximum atomic E-state index is 13.6. The van der Waals surface area contributed by atoms with Gasteiger partial charge in [0, 0.05) is 24.1 Å². The lowest BCUT2D eigenvalue weighted by atomic mass is 9.72. The van der Waals surface area contributed by atoms with Crippen molar-refractivity contribution >= 4 is 16.9 Å². The van der Waals surface area contributed by atoms with Crippen molar-refractivity contribution in [3.8, 4) is 17.0 Å². The van der Waals surface area contributed by atoms with Gasteiger partial charge in [-0.1, -0.05) is 0 Å². The van der Waals surface area contributed by atoms with Crippen LogP contribution < -0.4 is 5.32 Å². The van der Waals surface area contributed by atoms with Crippen LogP contribution in [0.2, 0.25) is 0 Å². The molecular formula is C21H20F3N5O2. The van der Waals surface area contributed by atoms with Crippen molar-refractivity contribution in [3.63, 3.8) is 0 Å². The number of piperidine rings is 1. The predicted molar refractivity (Wildman–Crippen MR) is 106 cm³/mol. The van der Waals surface area contributed by atoms with Crippen molar-refractivity contribution in [2.75, 3.05) is 26.2 Å². The van der Waals surface area contributed by atoms with Crippen LogP contribution in [0.15, 0.2) is 30.3 Å². The number of carbonyl (C=O) groups excluding carboxylic acids is 1. The van der Waals surface area contributed by atoms with Crippen LogP contribution in [0.5, 0.6) is 5.75 Å². The van der Waals surface area contributed by atoms with Crippen LogP contribution >= 0.6 is 0 Å². The second kappa shape index (κ2) is 6.94. The van der Waals surface area contributed by atoms with Crippen molar-refractivity contribution < 1.29 is 23.1 Å². The van der Waals surface area contributed by atoms with Crippen LogP contribution in [-0.4, -0.2) is 57.3 Å². The number of phenols is 1. The zero-order valence-electron chi connectivity index (χ0n) is 16.5. The molecule has 5 rings (SSSR count). The minimum atomic E-state index is -4.70. The van der Waals surface area contributed by atoms with E-state index in [1.54, 1.807) is 17.0 Å². The third kappa shape index (κ3) is 3.40. The number of aromatic nitrogens is 3. The number of aromatic hydroxyl groups is 1. The molecule has 2 aromatic heterocycles. The number of nitrogens with one attached hydrogen (secondary N) is 2. The third-order valence-corrected chi connectivity index (χ3v) is 6.20. The molecule has 1 spiro atoms. The highest BCUT2D eigenvalue weighted by Gasteiger charge is 2.46. The highest BCUT2D eigenvalue weighted by atomic mass is 19.4. The summed E-state index contributed by atoms with van der Waals surface area (Å²) in [4.78, 5) is 19.2. The Hall–Kier alpha value is -3.14. The molecule has 3 aromatic rings. The van der Waals surface area contributed by atoms with Gasteiger partial charge in [0.05, 0.1) is 16.6 Å². The van der Waals surface area contributed by atoms with Crippen molar-refractivity contribution in [2.45, 2.75) is 19.0 Å². The maximum absolute atomic E-state index is 13.6. The average molecular weight is 431 g/mol. The summed E-state index contributed by atoms with van der Waals surface area (Å²) in [6, 6.07) is 7.45. The summed E-state index contributed by atoms with van der Waals surface area (Å²) >= 11 is 0. The van der Waals surface area contributed by atoms with Gasteiger partial charge in [0.2, 0.25) is 0 Å². The number of benzene rings is 1. The Kier molecular flexibility index (Phi) is 4.44. The average Bonchev–Trinajstić information content (AvgIpc) is 3.16. The van der Waals surface area contributed by atoms with E-state index >= 15 is 0 Å². The minimum absolute atomic E-state index is 0.0492. The summed E-state index contributed by atoms with van der Waals surface area (Å²) in [6.45, 7) is 2.83. The SMILES string of the molecule is O=C(c1cc(-c2ccc(O)cc2)nc2n[nH]c(C(F)(F)F)c12)N1CC2(CCNCC2)C1. The fourth-order valence-corrected chi connectivity index (χ4v) is 4.53. The number of phenolic OH excluding ortho intramolecular Hbond substituents is 1. The molecule has 4 heterocycles. The number of rotatable bonds is 2. The molecule has 2 aliphatic heterocycles.